The number of nitrogens with one attached hydrogen (secondary N) is 1. The van der Waals surface area contributed by atoms with Gasteiger partial charge in [-0.25, -0.2) is 4.79 Å². The van der Waals surface area contributed by atoms with Crippen LogP contribution in [-0.2, 0) is 0 Å². The van der Waals surface area contributed by atoms with Crippen molar-refractivity contribution in [3.8, 4) is 0 Å². The van der Waals surface area contributed by atoms with Crippen molar-refractivity contribution < 1.29 is 9.90 Å². The Morgan fingerprint density at radius 2 is 2.06 bits per heavy atom. The van der Waals surface area contributed by atoms with E-state index >= 15 is 0 Å². The summed E-state index contributed by atoms with van der Waals surface area (Å²) in [4.78, 5) is 13.4. The monoisotopic (exact) mass is 256 g/mol. The molecule has 1 aromatic rings. The van der Waals surface area contributed by atoms with Crippen LogP contribution in [0.3, 0.4) is 0 Å². The summed E-state index contributed by atoms with van der Waals surface area (Å²) in [6.45, 7) is 4.38. The van der Waals surface area contributed by atoms with E-state index in [1.165, 1.54) is 0 Å². The number of aliphatic hydroxyl groups excluding tert-OH is 1. The van der Waals surface area contributed by atoms with E-state index in [1.807, 2.05) is 6.92 Å². The third-order valence-corrected chi connectivity index (χ3v) is 2.50. The molecule has 1 rings (SSSR count). The third-order valence-electron chi connectivity index (χ3n) is 2.25. The Kier molecular flexibility index (Phi) is 5.25. The quantitative estimate of drug-likeness (QED) is 0.870. The zero-order valence-electron chi connectivity index (χ0n) is 9.98. The second-order valence-corrected chi connectivity index (χ2v) is 4.26. The molecule has 0 radical (unpaired) electrons. The first-order valence-electron chi connectivity index (χ1n) is 5.52. The Labute approximate surface area is 106 Å². The van der Waals surface area contributed by atoms with Crippen molar-refractivity contribution in [2.24, 2.45) is 0 Å². The van der Waals surface area contributed by atoms with E-state index in [-0.39, 0.29) is 6.03 Å². The SMILES string of the molecule is CCN(C[C@@H](C)O)C(=O)Nc1ccc(Cl)cc1. The van der Waals surface area contributed by atoms with E-state index in [1.54, 1.807) is 36.1 Å². The summed E-state index contributed by atoms with van der Waals surface area (Å²) in [5, 5.41) is 12.6. The number of nitrogens with zero attached hydrogens (tertiary/aromatic N) is 1. The summed E-state index contributed by atoms with van der Waals surface area (Å²) >= 11 is 5.75. The minimum Gasteiger partial charge on any atom is -0.392 e. The number of likely N-dealkylation sites (N-methyl/N-ethyl adjacent to an activating group) is 1. The molecule has 0 heterocycles. The molecule has 2 amide bonds. The fourth-order valence-corrected chi connectivity index (χ4v) is 1.54. The van der Waals surface area contributed by atoms with Crippen molar-refractivity contribution in [1.29, 1.82) is 0 Å². The molecular formula is C12H17ClN2O2. The molecule has 0 aromatic heterocycles. The van der Waals surface area contributed by atoms with Gasteiger partial charge in [0.15, 0.2) is 0 Å². The Morgan fingerprint density at radius 1 is 1.47 bits per heavy atom. The lowest BCUT2D eigenvalue weighted by Crippen LogP contribution is -2.39. The van der Waals surface area contributed by atoms with Gasteiger partial charge in [-0.1, -0.05) is 11.6 Å². The average Bonchev–Trinajstić information content (AvgIpc) is 2.28. The molecule has 17 heavy (non-hydrogen) atoms. The average molecular weight is 257 g/mol. The number of halogens is 1. The van der Waals surface area contributed by atoms with E-state index in [4.69, 9.17) is 11.6 Å². The van der Waals surface area contributed by atoms with Crippen LogP contribution in [0.2, 0.25) is 5.02 Å². The molecule has 0 aliphatic carbocycles. The van der Waals surface area contributed by atoms with Crippen LogP contribution in [-0.4, -0.2) is 35.2 Å². The summed E-state index contributed by atoms with van der Waals surface area (Å²) in [7, 11) is 0. The van der Waals surface area contributed by atoms with Crippen LogP contribution in [0, 0.1) is 0 Å². The van der Waals surface area contributed by atoms with Crippen LogP contribution in [0.25, 0.3) is 0 Å². The van der Waals surface area contributed by atoms with Crippen LogP contribution in [0.4, 0.5) is 10.5 Å². The number of urea groups is 1. The first-order valence-corrected chi connectivity index (χ1v) is 5.90. The summed E-state index contributed by atoms with van der Waals surface area (Å²) in [5.74, 6) is 0. The van der Waals surface area contributed by atoms with Crippen molar-refractivity contribution in [2.75, 3.05) is 18.4 Å². The van der Waals surface area contributed by atoms with E-state index in [0.717, 1.165) is 0 Å². The van der Waals surface area contributed by atoms with Crippen LogP contribution in [0.1, 0.15) is 13.8 Å². The molecule has 1 atom stereocenters. The van der Waals surface area contributed by atoms with Crippen molar-refractivity contribution in [1.82, 2.24) is 4.90 Å². The van der Waals surface area contributed by atoms with Crippen molar-refractivity contribution in [3.05, 3.63) is 29.3 Å². The highest BCUT2D eigenvalue weighted by molar-refractivity contribution is 6.30. The molecule has 0 aliphatic rings. The second-order valence-electron chi connectivity index (χ2n) is 3.82. The van der Waals surface area contributed by atoms with Crippen LogP contribution < -0.4 is 5.32 Å². The molecule has 0 spiro atoms. The number of aliphatic hydroxyl groups is 1. The second kappa shape index (κ2) is 6.47. The summed E-state index contributed by atoms with van der Waals surface area (Å²) in [6.07, 6.45) is -0.536. The van der Waals surface area contributed by atoms with Crippen LogP contribution in [0.5, 0.6) is 0 Å². The molecule has 0 fully saturated rings. The lowest BCUT2D eigenvalue weighted by Gasteiger charge is -2.22. The predicted octanol–water partition coefficient (Wildman–Crippen LogP) is 2.57. The van der Waals surface area contributed by atoms with Gasteiger partial charge in [-0.3, -0.25) is 0 Å². The smallest absolute Gasteiger partial charge is 0.321 e. The van der Waals surface area contributed by atoms with Crippen LogP contribution >= 0.6 is 11.6 Å². The lowest BCUT2D eigenvalue weighted by atomic mass is 10.3. The first kappa shape index (κ1) is 13.8. The number of carbonyl (C=O) groups is 1. The fraction of sp³-hybridized carbons (Fsp3) is 0.417. The van der Waals surface area contributed by atoms with Gasteiger partial charge in [-0.05, 0) is 38.1 Å². The van der Waals surface area contributed by atoms with Gasteiger partial charge in [-0.15, -0.1) is 0 Å². The van der Waals surface area contributed by atoms with Gasteiger partial charge in [0.25, 0.3) is 0 Å². The molecule has 0 saturated carbocycles. The lowest BCUT2D eigenvalue weighted by molar-refractivity contribution is 0.141. The molecule has 0 aliphatic heterocycles. The number of hydrogen-bond donors (Lipinski definition) is 2. The Morgan fingerprint density at radius 3 is 2.53 bits per heavy atom. The molecule has 1 aromatic carbocycles. The molecule has 4 nitrogen and oxygen atoms in total. The highest BCUT2D eigenvalue weighted by Gasteiger charge is 2.13. The molecule has 2 N–H and O–H groups in total. The molecule has 0 bridgehead atoms. The third kappa shape index (κ3) is 4.63. The van der Waals surface area contributed by atoms with Gasteiger partial charge < -0.3 is 15.3 Å². The highest BCUT2D eigenvalue weighted by atomic mass is 35.5. The molecule has 0 saturated heterocycles. The van der Waals surface area contributed by atoms with Crippen molar-refractivity contribution >= 4 is 23.3 Å². The standard InChI is InChI=1S/C12H17ClN2O2/c1-3-15(8-9(2)16)12(17)14-11-6-4-10(13)5-7-11/h4-7,9,16H,3,8H2,1-2H3,(H,14,17)/t9-/m1/s1. The Balaban J connectivity index is 2.60. The van der Waals surface area contributed by atoms with Gasteiger partial charge in [0.2, 0.25) is 0 Å². The van der Waals surface area contributed by atoms with Gasteiger partial charge in [0.1, 0.15) is 0 Å². The highest BCUT2D eigenvalue weighted by Crippen LogP contribution is 2.13. The predicted molar refractivity (Wildman–Crippen MR) is 69.4 cm³/mol. The maximum atomic E-state index is 11.8. The number of rotatable bonds is 4. The van der Waals surface area contributed by atoms with E-state index in [9.17, 15) is 9.90 Å². The maximum Gasteiger partial charge on any atom is 0.321 e. The molecule has 0 unspecified atom stereocenters. The Bertz CT molecular complexity index is 365. The van der Waals surface area contributed by atoms with Gasteiger partial charge >= 0.3 is 6.03 Å². The van der Waals surface area contributed by atoms with Crippen molar-refractivity contribution in [3.63, 3.8) is 0 Å². The largest absolute Gasteiger partial charge is 0.392 e. The molecular weight excluding hydrogens is 240 g/mol. The van der Waals surface area contributed by atoms with E-state index in [2.05, 4.69) is 5.32 Å². The van der Waals surface area contributed by atoms with Crippen molar-refractivity contribution in [2.45, 2.75) is 20.0 Å². The summed E-state index contributed by atoms with van der Waals surface area (Å²) in [6, 6.07) is 6.66. The van der Waals surface area contributed by atoms with E-state index < -0.39 is 6.10 Å². The minimum atomic E-state index is -0.536. The number of amides is 2. The Hall–Kier alpha value is -1.26. The number of anilines is 1. The van der Waals surface area contributed by atoms with E-state index in [0.29, 0.717) is 23.8 Å². The summed E-state index contributed by atoms with van der Waals surface area (Å²) < 4.78 is 0. The zero-order chi connectivity index (χ0) is 12.8. The minimum absolute atomic E-state index is 0.226. The topological polar surface area (TPSA) is 52.6 Å². The number of hydrogen-bond acceptors (Lipinski definition) is 2. The maximum absolute atomic E-state index is 11.8. The molecule has 5 heteroatoms. The summed E-state index contributed by atoms with van der Waals surface area (Å²) in [5.41, 5.74) is 0.684. The van der Waals surface area contributed by atoms with Crippen LogP contribution in [0.15, 0.2) is 24.3 Å². The van der Waals surface area contributed by atoms with Gasteiger partial charge in [0.05, 0.1) is 6.10 Å². The number of carbonyl (C=O) groups excluding carboxylic acids is 1. The fourth-order valence-electron chi connectivity index (χ4n) is 1.41. The van der Waals surface area contributed by atoms with Gasteiger partial charge in [-0.2, -0.15) is 0 Å². The molecule has 94 valence electrons. The first-order chi connectivity index (χ1) is 8.02. The van der Waals surface area contributed by atoms with Gasteiger partial charge in [0, 0.05) is 23.8 Å². The normalized spacial score (nSPS) is 12.0. The number of benzene rings is 1. The zero-order valence-corrected chi connectivity index (χ0v) is 10.7.